The second kappa shape index (κ2) is 7.88. The van der Waals surface area contributed by atoms with Crippen LogP contribution in [0.15, 0.2) is 11.4 Å². The summed E-state index contributed by atoms with van der Waals surface area (Å²) in [5, 5.41) is 1.89. The van der Waals surface area contributed by atoms with Gasteiger partial charge in [-0.25, -0.2) is 8.78 Å². The molecule has 1 aromatic heterocycles. The van der Waals surface area contributed by atoms with Gasteiger partial charge in [-0.2, -0.15) is 0 Å². The predicted octanol–water partition coefficient (Wildman–Crippen LogP) is 3.64. The van der Waals surface area contributed by atoms with Gasteiger partial charge < -0.3 is 19.3 Å². The molecule has 4 rings (SSSR count). The summed E-state index contributed by atoms with van der Waals surface area (Å²) in [5.41, 5.74) is -0.126. The average Bonchev–Trinajstić information content (AvgIpc) is 3.11. The molecule has 0 N–H and O–H groups in total. The van der Waals surface area contributed by atoms with E-state index in [9.17, 15) is 13.6 Å². The maximum atomic E-state index is 13.3. The van der Waals surface area contributed by atoms with Gasteiger partial charge in [0.1, 0.15) is 10.6 Å². The Balaban J connectivity index is 1.23. The van der Waals surface area contributed by atoms with Crippen molar-refractivity contribution in [2.45, 2.75) is 56.7 Å². The summed E-state index contributed by atoms with van der Waals surface area (Å²) in [5.74, 6) is -1.79. The Morgan fingerprint density at radius 2 is 1.93 bits per heavy atom. The Kier molecular flexibility index (Phi) is 5.64. The summed E-state index contributed by atoms with van der Waals surface area (Å²) >= 11 is 1.42. The molecule has 28 heavy (non-hydrogen) atoms. The lowest BCUT2D eigenvalue weighted by Gasteiger charge is -2.53. The van der Waals surface area contributed by atoms with Gasteiger partial charge in [0.05, 0.1) is 18.3 Å². The minimum Gasteiger partial charge on any atom is -0.492 e. The van der Waals surface area contributed by atoms with Crippen LogP contribution >= 0.6 is 11.3 Å². The van der Waals surface area contributed by atoms with E-state index in [0.717, 1.165) is 25.8 Å². The lowest BCUT2D eigenvalue weighted by molar-refractivity contribution is -0.229. The highest BCUT2D eigenvalue weighted by atomic mass is 32.1. The van der Waals surface area contributed by atoms with Crippen LogP contribution in [0.2, 0.25) is 0 Å². The number of thiophene rings is 1. The number of hydrogen-bond donors (Lipinski definition) is 0. The van der Waals surface area contributed by atoms with Crippen LogP contribution in [0.4, 0.5) is 8.78 Å². The maximum Gasteiger partial charge on any atom is 0.267 e. The van der Waals surface area contributed by atoms with E-state index in [2.05, 4.69) is 4.90 Å². The summed E-state index contributed by atoms with van der Waals surface area (Å²) in [6.45, 7) is 5.47. The molecule has 0 radical (unpaired) electrons. The lowest BCUT2D eigenvalue weighted by Crippen LogP contribution is -2.60. The fourth-order valence-electron chi connectivity index (χ4n) is 4.52. The van der Waals surface area contributed by atoms with Crippen molar-refractivity contribution in [3.05, 3.63) is 16.3 Å². The third kappa shape index (κ3) is 4.19. The van der Waals surface area contributed by atoms with E-state index in [1.807, 2.05) is 23.3 Å². The summed E-state index contributed by atoms with van der Waals surface area (Å²) in [7, 11) is 0. The average molecular weight is 415 g/mol. The smallest absolute Gasteiger partial charge is 0.267 e. The first-order valence-corrected chi connectivity index (χ1v) is 11.1. The number of carbonyl (C=O) groups excluding carboxylic acids is 1. The fraction of sp³-hybridized carbons (Fsp3) is 0.750. The van der Waals surface area contributed by atoms with Crippen LogP contribution in [-0.4, -0.2) is 72.7 Å². The number of piperidine rings is 2. The molecule has 0 aliphatic carbocycles. The minimum absolute atomic E-state index is 0.0402. The highest BCUT2D eigenvalue weighted by molar-refractivity contribution is 7.12. The molecule has 156 valence electrons. The highest BCUT2D eigenvalue weighted by Crippen LogP contribution is 2.42. The van der Waals surface area contributed by atoms with Crippen molar-refractivity contribution in [2.24, 2.45) is 0 Å². The first-order valence-electron chi connectivity index (χ1n) is 10.2. The zero-order valence-electron chi connectivity index (χ0n) is 16.3. The number of carbonyl (C=O) groups is 1. The number of likely N-dealkylation sites (tertiary alicyclic amines) is 2. The molecule has 1 spiro atoms. The van der Waals surface area contributed by atoms with Crippen LogP contribution in [-0.2, 0) is 4.74 Å². The molecule has 3 saturated heterocycles. The maximum absolute atomic E-state index is 13.3. The van der Waals surface area contributed by atoms with Gasteiger partial charge in [-0.15, -0.1) is 11.3 Å². The Hall–Kier alpha value is -1.25. The number of nitrogens with zero attached hydrogens (tertiary/aromatic N) is 2. The molecular weight excluding hydrogens is 386 g/mol. The molecule has 0 bridgehead atoms. The molecule has 8 heteroatoms. The summed E-state index contributed by atoms with van der Waals surface area (Å²) in [6.07, 6.45) is 2.68. The number of halogens is 2. The monoisotopic (exact) mass is 414 g/mol. The second-order valence-electron chi connectivity index (χ2n) is 8.12. The zero-order valence-corrected chi connectivity index (χ0v) is 17.1. The topological polar surface area (TPSA) is 42.0 Å². The van der Waals surface area contributed by atoms with Gasteiger partial charge in [-0.05, 0) is 31.2 Å². The molecule has 0 unspecified atom stereocenters. The highest BCUT2D eigenvalue weighted by Gasteiger charge is 2.48. The van der Waals surface area contributed by atoms with Crippen LogP contribution in [0, 0.1) is 0 Å². The van der Waals surface area contributed by atoms with Crippen molar-refractivity contribution in [2.75, 3.05) is 39.3 Å². The van der Waals surface area contributed by atoms with Gasteiger partial charge in [0.15, 0.2) is 0 Å². The first kappa shape index (κ1) is 20.0. The van der Waals surface area contributed by atoms with E-state index in [0.29, 0.717) is 43.4 Å². The lowest BCUT2D eigenvalue weighted by atomic mass is 9.80. The van der Waals surface area contributed by atoms with Crippen LogP contribution in [0.5, 0.6) is 5.75 Å². The third-order valence-corrected chi connectivity index (χ3v) is 7.03. The second-order valence-corrected chi connectivity index (χ2v) is 9.04. The number of amides is 1. The van der Waals surface area contributed by atoms with Crippen molar-refractivity contribution in [1.29, 1.82) is 0 Å². The Labute approximate surface area is 168 Å². The van der Waals surface area contributed by atoms with Gasteiger partial charge >= 0.3 is 0 Å². The molecule has 1 aromatic rings. The van der Waals surface area contributed by atoms with Crippen molar-refractivity contribution in [3.8, 4) is 5.75 Å². The zero-order chi connectivity index (χ0) is 19.8. The SMILES string of the molecule is CCOc1ccsc1C(=O)N1CCC2(CC1)C[C@H](CN1CCC(F)(F)CC1)O2. The van der Waals surface area contributed by atoms with Gasteiger partial charge in [0.2, 0.25) is 0 Å². The van der Waals surface area contributed by atoms with Gasteiger partial charge in [0, 0.05) is 52.0 Å². The van der Waals surface area contributed by atoms with E-state index < -0.39 is 5.92 Å². The predicted molar refractivity (Wildman–Crippen MR) is 103 cm³/mol. The third-order valence-electron chi connectivity index (χ3n) is 6.15. The Bertz CT molecular complexity index is 685. The summed E-state index contributed by atoms with van der Waals surface area (Å²) < 4.78 is 38.3. The molecule has 1 amide bonds. The molecule has 5 nitrogen and oxygen atoms in total. The normalized spacial score (nSPS) is 26.8. The Morgan fingerprint density at radius 3 is 2.57 bits per heavy atom. The number of rotatable bonds is 5. The molecule has 1 atom stereocenters. The summed E-state index contributed by atoms with van der Waals surface area (Å²) in [4.78, 5) is 17.5. The molecular formula is C20H28F2N2O3S. The Morgan fingerprint density at radius 1 is 1.25 bits per heavy atom. The molecule has 3 aliphatic rings. The molecule has 4 heterocycles. The fourth-order valence-corrected chi connectivity index (χ4v) is 5.32. The van der Waals surface area contributed by atoms with E-state index in [-0.39, 0.29) is 30.5 Å². The number of ether oxygens (including phenoxy) is 2. The van der Waals surface area contributed by atoms with Crippen LogP contribution in [0.25, 0.3) is 0 Å². The first-order chi connectivity index (χ1) is 13.4. The van der Waals surface area contributed by atoms with Crippen LogP contribution in [0.1, 0.15) is 48.7 Å². The number of hydrogen-bond acceptors (Lipinski definition) is 5. The van der Waals surface area contributed by atoms with E-state index in [4.69, 9.17) is 9.47 Å². The largest absolute Gasteiger partial charge is 0.492 e. The van der Waals surface area contributed by atoms with Gasteiger partial charge in [0.25, 0.3) is 11.8 Å². The van der Waals surface area contributed by atoms with Gasteiger partial charge in [-0.1, -0.05) is 0 Å². The molecule has 3 aliphatic heterocycles. The standard InChI is InChI=1S/C20H28F2N2O3S/c1-2-26-16-3-12-28-17(16)18(25)24-10-4-19(5-11-24)13-15(27-19)14-23-8-6-20(21,22)7-9-23/h3,12,15H,2,4-11,13-14H2,1H3/t15-/m1/s1. The van der Waals surface area contributed by atoms with Crippen molar-refractivity contribution in [1.82, 2.24) is 9.80 Å². The minimum atomic E-state index is -2.50. The quantitative estimate of drug-likeness (QED) is 0.738. The van der Waals surface area contributed by atoms with Crippen molar-refractivity contribution >= 4 is 17.2 Å². The van der Waals surface area contributed by atoms with E-state index in [1.165, 1.54) is 11.3 Å². The molecule has 0 aromatic carbocycles. The number of alkyl halides is 2. The molecule has 0 saturated carbocycles. The van der Waals surface area contributed by atoms with Gasteiger partial charge in [-0.3, -0.25) is 4.79 Å². The van der Waals surface area contributed by atoms with Crippen LogP contribution in [0.3, 0.4) is 0 Å². The van der Waals surface area contributed by atoms with Crippen molar-refractivity contribution in [3.63, 3.8) is 0 Å². The van der Waals surface area contributed by atoms with Crippen molar-refractivity contribution < 1.29 is 23.0 Å². The van der Waals surface area contributed by atoms with E-state index >= 15 is 0 Å². The van der Waals surface area contributed by atoms with Crippen LogP contribution < -0.4 is 4.74 Å². The molecule has 3 fully saturated rings. The summed E-state index contributed by atoms with van der Waals surface area (Å²) in [6, 6.07) is 1.85. The van der Waals surface area contributed by atoms with E-state index in [1.54, 1.807) is 0 Å².